The minimum Gasteiger partial charge on any atom is -0.497 e. The summed E-state index contributed by atoms with van der Waals surface area (Å²) in [6.45, 7) is 2.01. The molecule has 27 heavy (non-hydrogen) atoms. The second-order valence-corrected chi connectivity index (χ2v) is 6.96. The minimum absolute atomic E-state index is 0.210. The van der Waals surface area contributed by atoms with Crippen molar-refractivity contribution < 1.29 is 9.84 Å². The molecule has 3 aromatic rings. The summed E-state index contributed by atoms with van der Waals surface area (Å²) in [6.07, 6.45) is 4.29. The highest BCUT2D eigenvalue weighted by molar-refractivity contribution is 5.65. The largest absolute Gasteiger partial charge is 0.497 e. The topological polar surface area (TPSA) is 50.5 Å². The standard InChI is InChI=1S/C22H25N3O2/c1-27-21-11-5-7-17(13-21)22-18(14-24-12-6-10-20(24)16-26)15-25(23-22)19-8-3-2-4-9-19/h2-5,7-9,11,13,15,20,26H,6,10,12,14,16H2,1H3/t20-/m0/s1. The summed E-state index contributed by atoms with van der Waals surface area (Å²) in [6, 6.07) is 18.4. The van der Waals surface area contributed by atoms with Gasteiger partial charge >= 0.3 is 0 Å². The number of ether oxygens (including phenoxy) is 1. The van der Waals surface area contributed by atoms with Gasteiger partial charge in [0.2, 0.25) is 0 Å². The lowest BCUT2D eigenvalue weighted by molar-refractivity contribution is 0.154. The van der Waals surface area contributed by atoms with Crippen LogP contribution >= 0.6 is 0 Å². The van der Waals surface area contributed by atoms with E-state index in [9.17, 15) is 5.11 Å². The lowest BCUT2D eigenvalue weighted by Crippen LogP contribution is -2.31. The van der Waals surface area contributed by atoms with Crippen LogP contribution in [0.5, 0.6) is 5.75 Å². The molecular weight excluding hydrogens is 338 g/mol. The second-order valence-electron chi connectivity index (χ2n) is 6.96. The van der Waals surface area contributed by atoms with Crippen LogP contribution in [-0.2, 0) is 6.54 Å². The fraction of sp³-hybridized carbons (Fsp3) is 0.318. The van der Waals surface area contributed by atoms with Crippen molar-refractivity contribution in [3.63, 3.8) is 0 Å². The van der Waals surface area contributed by atoms with E-state index in [1.54, 1.807) is 7.11 Å². The molecule has 1 N–H and O–H groups in total. The van der Waals surface area contributed by atoms with E-state index in [1.807, 2.05) is 41.1 Å². The number of para-hydroxylation sites is 1. The quantitative estimate of drug-likeness (QED) is 0.728. The molecule has 1 aliphatic heterocycles. The van der Waals surface area contributed by atoms with Crippen LogP contribution in [0.15, 0.2) is 60.8 Å². The predicted octanol–water partition coefficient (Wildman–Crippen LogP) is 3.50. The van der Waals surface area contributed by atoms with Crippen LogP contribution in [0.1, 0.15) is 18.4 Å². The summed E-state index contributed by atoms with van der Waals surface area (Å²) in [5.41, 5.74) is 4.20. The van der Waals surface area contributed by atoms with E-state index in [-0.39, 0.29) is 12.6 Å². The molecule has 2 aromatic carbocycles. The molecule has 1 fully saturated rings. The molecule has 1 aliphatic rings. The molecule has 0 spiro atoms. The van der Waals surface area contributed by atoms with Crippen molar-refractivity contribution >= 4 is 0 Å². The number of aromatic nitrogens is 2. The molecule has 0 amide bonds. The fourth-order valence-electron chi connectivity index (χ4n) is 3.78. The first-order valence-corrected chi connectivity index (χ1v) is 9.42. The maximum Gasteiger partial charge on any atom is 0.119 e. The van der Waals surface area contributed by atoms with E-state index in [0.717, 1.165) is 54.2 Å². The lowest BCUT2D eigenvalue weighted by atomic mass is 10.1. The number of aliphatic hydroxyl groups excluding tert-OH is 1. The second kappa shape index (κ2) is 7.94. The molecule has 1 saturated heterocycles. The minimum atomic E-state index is 0.210. The van der Waals surface area contributed by atoms with Gasteiger partial charge in [0.15, 0.2) is 0 Å². The maximum absolute atomic E-state index is 9.67. The Kier molecular flexibility index (Phi) is 5.23. The predicted molar refractivity (Wildman–Crippen MR) is 106 cm³/mol. The first-order valence-electron chi connectivity index (χ1n) is 9.42. The zero-order valence-corrected chi connectivity index (χ0v) is 15.6. The normalized spacial score (nSPS) is 17.3. The number of hydrogen-bond donors (Lipinski definition) is 1. The number of nitrogens with zero attached hydrogens (tertiary/aromatic N) is 3. The monoisotopic (exact) mass is 363 g/mol. The van der Waals surface area contributed by atoms with Gasteiger partial charge in [-0.3, -0.25) is 4.90 Å². The van der Waals surface area contributed by atoms with E-state index < -0.39 is 0 Å². The third-order valence-corrected chi connectivity index (χ3v) is 5.24. The Morgan fingerprint density at radius 1 is 1.15 bits per heavy atom. The molecule has 2 heterocycles. The van der Waals surface area contributed by atoms with E-state index in [0.29, 0.717) is 0 Å². The maximum atomic E-state index is 9.67. The van der Waals surface area contributed by atoms with Crippen molar-refractivity contribution in [1.82, 2.24) is 14.7 Å². The van der Waals surface area contributed by atoms with E-state index in [2.05, 4.69) is 29.3 Å². The Balaban J connectivity index is 1.74. The van der Waals surface area contributed by atoms with Crippen molar-refractivity contribution in [2.75, 3.05) is 20.3 Å². The van der Waals surface area contributed by atoms with Crippen molar-refractivity contribution in [2.24, 2.45) is 0 Å². The van der Waals surface area contributed by atoms with Crippen LogP contribution in [-0.4, -0.2) is 46.1 Å². The number of aliphatic hydroxyl groups is 1. The number of rotatable bonds is 6. The van der Waals surface area contributed by atoms with Gasteiger partial charge in [0.25, 0.3) is 0 Å². The average molecular weight is 363 g/mol. The molecule has 5 nitrogen and oxygen atoms in total. The van der Waals surface area contributed by atoms with E-state index >= 15 is 0 Å². The van der Waals surface area contributed by atoms with Crippen LogP contribution in [0.4, 0.5) is 0 Å². The van der Waals surface area contributed by atoms with Crippen LogP contribution < -0.4 is 4.74 Å². The summed E-state index contributed by atoms with van der Waals surface area (Å²) in [5, 5.41) is 14.6. The van der Waals surface area contributed by atoms with Gasteiger partial charge in [-0.1, -0.05) is 30.3 Å². The summed E-state index contributed by atoms with van der Waals surface area (Å²) in [7, 11) is 1.68. The third kappa shape index (κ3) is 3.75. The van der Waals surface area contributed by atoms with Crippen LogP contribution in [0.25, 0.3) is 16.9 Å². The Hall–Kier alpha value is -2.63. The first kappa shape index (κ1) is 17.8. The van der Waals surface area contributed by atoms with E-state index in [1.165, 1.54) is 0 Å². The summed E-state index contributed by atoms with van der Waals surface area (Å²) in [4.78, 5) is 2.36. The summed E-state index contributed by atoms with van der Waals surface area (Å²) in [5.74, 6) is 0.821. The number of likely N-dealkylation sites (tertiary alicyclic amines) is 1. The van der Waals surface area contributed by atoms with Gasteiger partial charge in [0, 0.05) is 29.9 Å². The number of methoxy groups -OCH3 is 1. The molecular formula is C22H25N3O2. The Morgan fingerprint density at radius 2 is 2.00 bits per heavy atom. The van der Waals surface area contributed by atoms with Gasteiger partial charge in [-0.25, -0.2) is 4.68 Å². The van der Waals surface area contributed by atoms with Gasteiger partial charge in [-0.05, 0) is 43.7 Å². The molecule has 1 atom stereocenters. The van der Waals surface area contributed by atoms with Gasteiger partial charge in [-0.15, -0.1) is 0 Å². The zero-order valence-electron chi connectivity index (χ0n) is 15.6. The Bertz CT molecular complexity index is 892. The summed E-state index contributed by atoms with van der Waals surface area (Å²) < 4.78 is 7.34. The third-order valence-electron chi connectivity index (χ3n) is 5.24. The van der Waals surface area contributed by atoms with Crippen molar-refractivity contribution in [3.05, 3.63) is 66.4 Å². The molecule has 140 valence electrons. The smallest absolute Gasteiger partial charge is 0.119 e. The van der Waals surface area contributed by atoms with Crippen molar-refractivity contribution in [2.45, 2.75) is 25.4 Å². The van der Waals surface area contributed by atoms with Crippen molar-refractivity contribution in [1.29, 1.82) is 0 Å². The van der Waals surface area contributed by atoms with Crippen molar-refractivity contribution in [3.8, 4) is 22.7 Å². The van der Waals surface area contributed by atoms with Crippen LogP contribution in [0, 0.1) is 0 Å². The van der Waals surface area contributed by atoms with Crippen LogP contribution in [0.3, 0.4) is 0 Å². The van der Waals surface area contributed by atoms with Gasteiger partial charge in [0.05, 0.1) is 25.1 Å². The molecule has 1 aromatic heterocycles. The number of benzene rings is 2. The Labute approximate surface area is 159 Å². The number of hydrogen-bond acceptors (Lipinski definition) is 4. The Morgan fingerprint density at radius 3 is 2.78 bits per heavy atom. The molecule has 0 bridgehead atoms. The van der Waals surface area contributed by atoms with Gasteiger partial charge < -0.3 is 9.84 Å². The fourth-order valence-corrected chi connectivity index (χ4v) is 3.78. The highest BCUT2D eigenvalue weighted by Gasteiger charge is 2.25. The molecule has 4 rings (SSSR count). The SMILES string of the molecule is COc1cccc(-c2nn(-c3ccccc3)cc2CN2CCC[C@H]2CO)c1. The molecule has 5 heteroatoms. The summed E-state index contributed by atoms with van der Waals surface area (Å²) >= 11 is 0. The lowest BCUT2D eigenvalue weighted by Gasteiger charge is -2.22. The van der Waals surface area contributed by atoms with Gasteiger partial charge in [0.1, 0.15) is 5.75 Å². The molecule has 0 aliphatic carbocycles. The molecule has 0 unspecified atom stereocenters. The first-order chi connectivity index (χ1) is 13.3. The highest BCUT2D eigenvalue weighted by atomic mass is 16.5. The molecule has 0 radical (unpaired) electrons. The highest BCUT2D eigenvalue weighted by Crippen LogP contribution is 2.29. The van der Waals surface area contributed by atoms with E-state index in [4.69, 9.17) is 9.84 Å². The average Bonchev–Trinajstić information content (AvgIpc) is 3.36. The van der Waals surface area contributed by atoms with Crippen LogP contribution in [0.2, 0.25) is 0 Å². The zero-order chi connectivity index (χ0) is 18.6. The van der Waals surface area contributed by atoms with Gasteiger partial charge in [-0.2, -0.15) is 5.10 Å². The molecule has 0 saturated carbocycles.